The molecule has 5 rings (SSSR count). The molecule has 3 aromatic rings. The molecule has 1 fully saturated rings. The minimum Gasteiger partial charge on any atom is -0.489 e. The van der Waals surface area contributed by atoms with Gasteiger partial charge in [0.25, 0.3) is 0 Å². The fourth-order valence-corrected chi connectivity index (χ4v) is 6.57. The summed E-state index contributed by atoms with van der Waals surface area (Å²) in [6.07, 6.45) is 7.77. The van der Waals surface area contributed by atoms with Gasteiger partial charge in [0.05, 0.1) is 6.04 Å². The molecular weight excluding hydrogens is 588 g/mol. The number of ether oxygens (including phenoxy) is 1. The van der Waals surface area contributed by atoms with Crippen LogP contribution >= 0.6 is 0 Å². The van der Waals surface area contributed by atoms with Gasteiger partial charge in [-0.1, -0.05) is 93.4 Å². The van der Waals surface area contributed by atoms with Crippen molar-refractivity contribution >= 4 is 17.8 Å². The zero-order valence-electron chi connectivity index (χ0n) is 27.9. The Bertz CT molecular complexity index is 1450. The van der Waals surface area contributed by atoms with Gasteiger partial charge in [-0.3, -0.25) is 9.59 Å². The molecule has 8 nitrogen and oxygen atoms in total. The van der Waals surface area contributed by atoms with E-state index in [4.69, 9.17) is 4.74 Å². The van der Waals surface area contributed by atoms with Crippen molar-refractivity contribution in [2.75, 3.05) is 13.1 Å². The van der Waals surface area contributed by atoms with E-state index in [-0.39, 0.29) is 29.8 Å². The first-order valence-electron chi connectivity index (χ1n) is 17.4. The number of carbonyl (C=O) groups is 3. The van der Waals surface area contributed by atoms with Gasteiger partial charge in [-0.25, -0.2) is 4.79 Å². The molecule has 1 aliphatic heterocycles. The molecule has 3 aromatic carbocycles. The molecule has 3 atom stereocenters. The summed E-state index contributed by atoms with van der Waals surface area (Å²) < 4.78 is 5.97. The molecule has 0 radical (unpaired) electrons. The number of hydrogen-bond donors (Lipinski definition) is 3. The van der Waals surface area contributed by atoms with E-state index < -0.39 is 12.1 Å². The number of rotatable bonds is 12. The van der Waals surface area contributed by atoms with Crippen molar-refractivity contribution < 1.29 is 19.1 Å². The zero-order chi connectivity index (χ0) is 33.0. The molecule has 4 amide bonds. The number of aryl methyl sites for hydroxylation is 1. The Hall–Kier alpha value is -4.33. The van der Waals surface area contributed by atoms with Gasteiger partial charge >= 0.3 is 6.03 Å². The summed E-state index contributed by atoms with van der Waals surface area (Å²) in [6.45, 7) is 5.92. The van der Waals surface area contributed by atoms with E-state index in [1.54, 1.807) is 0 Å². The molecule has 1 saturated heterocycles. The van der Waals surface area contributed by atoms with Gasteiger partial charge in [0, 0.05) is 19.5 Å². The molecule has 3 N–H and O–H groups in total. The summed E-state index contributed by atoms with van der Waals surface area (Å²) in [6, 6.07) is 24.0. The minimum atomic E-state index is -0.822. The standard InChI is InChI=1S/C39H50N4O4/c1-28(2)25-35(42-39(46)43-23-10-3-4-11-24-43)37(44)41-36(38(45)40-34-18-12-16-31-15-8-9-17-33(31)34)26-29-19-21-32(22-20-29)47-27-30-13-6-5-7-14-30/h5-9,13-15,17,19-22,28,34-36H,3-4,10-12,16,18,23-27H2,1-2H3,(H,40,45)(H,41,44)(H,42,46). The van der Waals surface area contributed by atoms with Crippen LogP contribution in [0.5, 0.6) is 5.75 Å². The number of hydrogen-bond acceptors (Lipinski definition) is 4. The maximum absolute atomic E-state index is 14.0. The van der Waals surface area contributed by atoms with Crippen LogP contribution in [-0.4, -0.2) is 47.9 Å². The molecule has 47 heavy (non-hydrogen) atoms. The maximum Gasteiger partial charge on any atom is 0.318 e. The first-order chi connectivity index (χ1) is 22.9. The third-order valence-corrected chi connectivity index (χ3v) is 9.14. The Morgan fingerprint density at radius 2 is 1.47 bits per heavy atom. The second-order valence-electron chi connectivity index (χ2n) is 13.4. The second-order valence-corrected chi connectivity index (χ2v) is 13.4. The predicted molar refractivity (Wildman–Crippen MR) is 185 cm³/mol. The molecule has 2 aliphatic rings. The van der Waals surface area contributed by atoms with Crippen molar-refractivity contribution in [3.05, 3.63) is 101 Å². The molecule has 0 spiro atoms. The van der Waals surface area contributed by atoms with Crippen LogP contribution in [0.15, 0.2) is 78.9 Å². The SMILES string of the molecule is CC(C)CC(NC(=O)N1CCCCCC1)C(=O)NC(Cc1ccc(OCc2ccccc2)cc1)C(=O)NC1CCCc2ccccc21. The lowest BCUT2D eigenvalue weighted by Crippen LogP contribution is -2.56. The number of urea groups is 1. The predicted octanol–water partition coefficient (Wildman–Crippen LogP) is 6.49. The summed E-state index contributed by atoms with van der Waals surface area (Å²) in [7, 11) is 0. The van der Waals surface area contributed by atoms with Crippen LogP contribution in [0, 0.1) is 5.92 Å². The average molecular weight is 639 g/mol. The Balaban J connectivity index is 1.30. The van der Waals surface area contributed by atoms with Crippen molar-refractivity contribution in [3.8, 4) is 5.75 Å². The van der Waals surface area contributed by atoms with Crippen LogP contribution in [0.25, 0.3) is 0 Å². The lowest BCUT2D eigenvalue weighted by molar-refractivity contribution is -0.130. The summed E-state index contributed by atoms with van der Waals surface area (Å²) in [5.74, 6) is 0.333. The van der Waals surface area contributed by atoms with Crippen molar-refractivity contribution in [1.29, 1.82) is 0 Å². The van der Waals surface area contributed by atoms with Crippen LogP contribution in [0.4, 0.5) is 4.79 Å². The van der Waals surface area contributed by atoms with Gasteiger partial charge in [-0.05, 0) is 78.8 Å². The quantitative estimate of drug-likeness (QED) is 0.211. The van der Waals surface area contributed by atoms with Crippen molar-refractivity contribution in [3.63, 3.8) is 0 Å². The third-order valence-electron chi connectivity index (χ3n) is 9.14. The number of nitrogens with zero attached hydrogens (tertiary/aromatic N) is 1. The molecular formula is C39H50N4O4. The molecule has 1 heterocycles. The summed E-state index contributed by atoms with van der Waals surface area (Å²) in [5.41, 5.74) is 4.37. The van der Waals surface area contributed by atoms with Crippen molar-refractivity contribution in [1.82, 2.24) is 20.9 Å². The summed E-state index contributed by atoms with van der Waals surface area (Å²) >= 11 is 0. The number of likely N-dealkylation sites (tertiary alicyclic amines) is 1. The largest absolute Gasteiger partial charge is 0.489 e. The fourth-order valence-electron chi connectivity index (χ4n) is 6.57. The highest BCUT2D eigenvalue weighted by atomic mass is 16.5. The molecule has 3 unspecified atom stereocenters. The van der Waals surface area contributed by atoms with E-state index >= 15 is 0 Å². The summed E-state index contributed by atoms with van der Waals surface area (Å²) in [5, 5.41) is 9.32. The van der Waals surface area contributed by atoms with E-state index in [1.807, 2.05) is 85.5 Å². The van der Waals surface area contributed by atoms with Gasteiger partial charge in [0.2, 0.25) is 11.8 Å². The van der Waals surface area contributed by atoms with Gasteiger partial charge in [0.15, 0.2) is 0 Å². The van der Waals surface area contributed by atoms with Crippen molar-refractivity contribution in [2.45, 2.75) is 96.4 Å². The van der Waals surface area contributed by atoms with E-state index in [1.165, 1.54) is 5.56 Å². The molecule has 0 bridgehead atoms. The van der Waals surface area contributed by atoms with Gasteiger partial charge < -0.3 is 25.6 Å². The van der Waals surface area contributed by atoms with E-state index in [0.29, 0.717) is 32.5 Å². The van der Waals surface area contributed by atoms with E-state index in [9.17, 15) is 14.4 Å². The summed E-state index contributed by atoms with van der Waals surface area (Å²) in [4.78, 5) is 43.0. The molecule has 0 aromatic heterocycles. The van der Waals surface area contributed by atoms with Gasteiger partial charge in [-0.15, -0.1) is 0 Å². The lowest BCUT2D eigenvalue weighted by atomic mass is 9.87. The van der Waals surface area contributed by atoms with Crippen LogP contribution < -0.4 is 20.7 Å². The lowest BCUT2D eigenvalue weighted by Gasteiger charge is -2.30. The molecule has 0 saturated carbocycles. The van der Waals surface area contributed by atoms with Crippen LogP contribution in [0.3, 0.4) is 0 Å². The number of amides is 4. The second kappa shape index (κ2) is 17.0. The third kappa shape index (κ3) is 10.1. The fraction of sp³-hybridized carbons (Fsp3) is 0.462. The highest BCUT2D eigenvalue weighted by Gasteiger charge is 2.31. The first kappa shape index (κ1) is 34.0. The molecule has 8 heteroatoms. The number of benzene rings is 3. The van der Waals surface area contributed by atoms with Crippen LogP contribution in [0.2, 0.25) is 0 Å². The van der Waals surface area contributed by atoms with E-state index in [0.717, 1.165) is 67.4 Å². The number of fused-ring (bicyclic) bond motifs is 1. The Morgan fingerprint density at radius 3 is 2.19 bits per heavy atom. The van der Waals surface area contributed by atoms with Crippen LogP contribution in [-0.2, 0) is 29.0 Å². The normalized spacial score (nSPS) is 17.5. The number of nitrogens with one attached hydrogen (secondary N) is 3. The zero-order valence-corrected chi connectivity index (χ0v) is 27.9. The molecule has 250 valence electrons. The Labute approximate surface area is 279 Å². The maximum atomic E-state index is 14.0. The molecule has 1 aliphatic carbocycles. The minimum absolute atomic E-state index is 0.116. The first-order valence-corrected chi connectivity index (χ1v) is 17.4. The van der Waals surface area contributed by atoms with E-state index in [2.05, 4.69) is 28.1 Å². The van der Waals surface area contributed by atoms with Gasteiger partial charge in [-0.2, -0.15) is 0 Å². The van der Waals surface area contributed by atoms with Crippen LogP contribution in [0.1, 0.15) is 87.1 Å². The van der Waals surface area contributed by atoms with Crippen molar-refractivity contribution in [2.24, 2.45) is 5.92 Å². The highest BCUT2D eigenvalue weighted by molar-refractivity contribution is 5.92. The average Bonchev–Trinajstić information content (AvgIpc) is 3.38. The monoisotopic (exact) mass is 638 g/mol. The topological polar surface area (TPSA) is 99.8 Å². The Morgan fingerprint density at radius 1 is 0.766 bits per heavy atom. The Kier molecular flexibility index (Phi) is 12.3. The smallest absolute Gasteiger partial charge is 0.318 e. The number of carbonyl (C=O) groups excluding carboxylic acids is 3. The highest BCUT2D eigenvalue weighted by Crippen LogP contribution is 2.29. The van der Waals surface area contributed by atoms with Gasteiger partial charge in [0.1, 0.15) is 24.4 Å².